The zero-order valence-corrected chi connectivity index (χ0v) is 33.6. The molecular weight excluding hydrogens is 755 g/mol. The number of aromatic nitrogens is 5. The summed E-state index contributed by atoms with van der Waals surface area (Å²) in [5, 5.41) is 4.86. The summed E-state index contributed by atoms with van der Waals surface area (Å²) in [6, 6.07) is 79.3. The fourth-order valence-corrected chi connectivity index (χ4v) is 9.06. The molecule has 5 nitrogen and oxygen atoms in total. The van der Waals surface area contributed by atoms with Crippen molar-refractivity contribution in [2.75, 3.05) is 0 Å². The summed E-state index contributed by atoms with van der Waals surface area (Å²) in [6.45, 7) is 0. The van der Waals surface area contributed by atoms with Gasteiger partial charge in [0.25, 0.3) is 0 Å². The fourth-order valence-electron chi connectivity index (χ4n) is 9.06. The molecule has 3 heterocycles. The third kappa shape index (κ3) is 6.06. The Morgan fingerprint density at radius 2 is 0.629 bits per heavy atom. The van der Waals surface area contributed by atoms with Gasteiger partial charge < -0.3 is 9.13 Å². The molecule has 0 aliphatic carbocycles. The van der Waals surface area contributed by atoms with Crippen molar-refractivity contribution in [3.8, 4) is 67.8 Å². The molecular formula is C57H37N5. The van der Waals surface area contributed by atoms with Crippen LogP contribution in [-0.4, -0.2) is 24.1 Å². The van der Waals surface area contributed by atoms with E-state index < -0.39 is 0 Å². The van der Waals surface area contributed by atoms with E-state index in [-0.39, 0.29) is 0 Å². The molecule has 3 aromatic heterocycles. The van der Waals surface area contributed by atoms with Gasteiger partial charge in [0.15, 0.2) is 17.5 Å². The zero-order chi connectivity index (χ0) is 41.0. The molecule has 0 spiro atoms. The summed E-state index contributed by atoms with van der Waals surface area (Å²) in [5.41, 5.74) is 13.9. The maximum absolute atomic E-state index is 5.27. The predicted octanol–water partition coefficient (Wildman–Crippen LogP) is 14.4. The van der Waals surface area contributed by atoms with E-state index in [9.17, 15) is 0 Å². The first-order chi connectivity index (χ1) is 30.7. The number of fused-ring (bicyclic) bond motifs is 6. The third-order valence-electron chi connectivity index (χ3n) is 11.9. The second-order valence-electron chi connectivity index (χ2n) is 15.7. The van der Waals surface area contributed by atoms with Crippen molar-refractivity contribution in [3.05, 3.63) is 224 Å². The Morgan fingerprint density at radius 1 is 0.226 bits per heavy atom. The molecule has 0 radical (unpaired) electrons. The van der Waals surface area contributed by atoms with E-state index in [1.807, 2.05) is 24.3 Å². The summed E-state index contributed by atoms with van der Waals surface area (Å²) in [4.78, 5) is 15.6. The van der Waals surface area contributed by atoms with Gasteiger partial charge in [0.1, 0.15) is 0 Å². The lowest BCUT2D eigenvalue weighted by Gasteiger charge is -2.15. The standard InChI is InChI=1S/C57H37N5/c1-4-17-38(18-5-1)41-23-16-24-42(33-41)56-58-55(40-21-8-3-9-22-40)59-57(60-56)44-34-43(39-19-6-2-7-20-39)35-46(36-44)62-53-30-15-12-27-49(53)50-37-45(31-32-54(50)62)61-51-28-13-10-25-47(51)48-26-11-14-29-52(48)61/h1-37H. The van der Waals surface area contributed by atoms with E-state index in [4.69, 9.17) is 15.0 Å². The van der Waals surface area contributed by atoms with Crippen LogP contribution in [0.3, 0.4) is 0 Å². The SMILES string of the molecule is c1ccc(-c2cccc(-c3nc(-c4ccccc4)nc(-c4cc(-c5ccccc5)cc(-n5c6ccccc6c6cc(-n7c8ccccc8c8ccccc87)ccc65)c4)n3)c2)cc1. The molecule has 0 fully saturated rings. The number of rotatable bonds is 7. The highest BCUT2D eigenvalue weighted by atomic mass is 15.0. The second-order valence-corrected chi connectivity index (χ2v) is 15.7. The first-order valence-corrected chi connectivity index (χ1v) is 20.9. The smallest absolute Gasteiger partial charge is 0.164 e. The largest absolute Gasteiger partial charge is 0.309 e. The minimum absolute atomic E-state index is 0.604. The summed E-state index contributed by atoms with van der Waals surface area (Å²) in [5.74, 6) is 1.84. The highest BCUT2D eigenvalue weighted by Crippen LogP contribution is 2.39. The lowest BCUT2D eigenvalue weighted by Crippen LogP contribution is -2.02. The van der Waals surface area contributed by atoms with Crippen LogP contribution < -0.4 is 0 Å². The van der Waals surface area contributed by atoms with Crippen molar-refractivity contribution < 1.29 is 0 Å². The van der Waals surface area contributed by atoms with Gasteiger partial charge in [-0.15, -0.1) is 0 Å². The van der Waals surface area contributed by atoms with Crippen molar-refractivity contribution in [2.24, 2.45) is 0 Å². The van der Waals surface area contributed by atoms with Crippen LogP contribution in [0.1, 0.15) is 0 Å². The van der Waals surface area contributed by atoms with Gasteiger partial charge in [0.05, 0.1) is 22.1 Å². The Bertz CT molecular complexity index is 3570. The number of benzene rings is 9. The number of hydrogen-bond acceptors (Lipinski definition) is 3. The van der Waals surface area contributed by atoms with Crippen LogP contribution in [0.15, 0.2) is 224 Å². The Kier molecular flexibility index (Phi) is 8.42. The Labute approximate surface area is 358 Å². The summed E-state index contributed by atoms with van der Waals surface area (Å²) in [6.07, 6.45) is 0. The van der Waals surface area contributed by atoms with Crippen LogP contribution in [0.5, 0.6) is 0 Å². The second kappa shape index (κ2) is 14.7. The van der Waals surface area contributed by atoms with Crippen molar-refractivity contribution >= 4 is 43.6 Å². The van der Waals surface area contributed by atoms with Gasteiger partial charge in [-0.2, -0.15) is 0 Å². The minimum Gasteiger partial charge on any atom is -0.309 e. The number of para-hydroxylation sites is 3. The van der Waals surface area contributed by atoms with Crippen LogP contribution in [0.2, 0.25) is 0 Å². The molecule has 0 N–H and O–H groups in total. The average molecular weight is 792 g/mol. The Hall–Kier alpha value is -8.41. The lowest BCUT2D eigenvalue weighted by molar-refractivity contribution is 1.07. The van der Waals surface area contributed by atoms with Crippen LogP contribution >= 0.6 is 0 Å². The summed E-state index contributed by atoms with van der Waals surface area (Å²) in [7, 11) is 0. The predicted molar refractivity (Wildman–Crippen MR) is 256 cm³/mol. The molecule has 0 saturated carbocycles. The highest BCUT2D eigenvalue weighted by molar-refractivity contribution is 6.12. The van der Waals surface area contributed by atoms with Gasteiger partial charge in [-0.1, -0.05) is 164 Å². The van der Waals surface area contributed by atoms with Gasteiger partial charge in [0.2, 0.25) is 0 Å². The topological polar surface area (TPSA) is 48.5 Å². The molecule has 12 aromatic rings. The summed E-state index contributed by atoms with van der Waals surface area (Å²) < 4.78 is 4.78. The maximum Gasteiger partial charge on any atom is 0.164 e. The van der Waals surface area contributed by atoms with Crippen molar-refractivity contribution in [2.45, 2.75) is 0 Å². The van der Waals surface area contributed by atoms with Gasteiger partial charge in [-0.05, 0) is 82.9 Å². The number of nitrogens with zero attached hydrogens (tertiary/aromatic N) is 5. The molecule has 0 amide bonds. The Balaban J connectivity index is 1.08. The molecule has 9 aromatic carbocycles. The molecule has 62 heavy (non-hydrogen) atoms. The first-order valence-electron chi connectivity index (χ1n) is 20.9. The molecule has 0 saturated heterocycles. The molecule has 12 rings (SSSR count). The van der Waals surface area contributed by atoms with Crippen molar-refractivity contribution in [1.82, 2.24) is 24.1 Å². The van der Waals surface area contributed by atoms with Crippen LogP contribution in [0.4, 0.5) is 0 Å². The molecule has 290 valence electrons. The van der Waals surface area contributed by atoms with Crippen LogP contribution in [-0.2, 0) is 0 Å². The highest BCUT2D eigenvalue weighted by Gasteiger charge is 2.19. The van der Waals surface area contributed by atoms with E-state index in [2.05, 4.69) is 209 Å². The average Bonchev–Trinajstić information content (AvgIpc) is 3.87. The molecule has 0 bridgehead atoms. The van der Waals surface area contributed by atoms with E-state index in [0.717, 1.165) is 61.4 Å². The molecule has 5 heteroatoms. The fraction of sp³-hybridized carbons (Fsp3) is 0. The quantitative estimate of drug-likeness (QED) is 0.162. The van der Waals surface area contributed by atoms with Gasteiger partial charge >= 0.3 is 0 Å². The Morgan fingerprint density at radius 3 is 1.24 bits per heavy atom. The summed E-state index contributed by atoms with van der Waals surface area (Å²) >= 11 is 0. The third-order valence-corrected chi connectivity index (χ3v) is 11.9. The monoisotopic (exact) mass is 791 g/mol. The van der Waals surface area contributed by atoms with Crippen molar-refractivity contribution in [1.29, 1.82) is 0 Å². The van der Waals surface area contributed by atoms with Crippen LogP contribution in [0.25, 0.3) is 111 Å². The molecule has 0 aliphatic rings. The minimum atomic E-state index is 0.604. The molecule has 0 aliphatic heterocycles. The molecule has 0 atom stereocenters. The van der Waals surface area contributed by atoms with E-state index in [1.165, 1.54) is 32.6 Å². The van der Waals surface area contributed by atoms with Gasteiger partial charge in [0, 0.05) is 49.6 Å². The first kappa shape index (κ1) is 35.5. The van der Waals surface area contributed by atoms with Crippen molar-refractivity contribution in [3.63, 3.8) is 0 Å². The van der Waals surface area contributed by atoms with Crippen LogP contribution in [0, 0.1) is 0 Å². The number of hydrogen-bond donors (Lipinski definition) is 0. The normalized spacial score (nSPS) is 11.5. The lowest BCUT2D eigenvalue weighted by atomic mass is 10.0. The van der Waals surface area contributed by atoms with Gasteiger partial charge in [-0.25, -0.2) is 15.0 Å². The van der Waals surface area contributed by atoms with E-state index in [0.29, 0.717) is 17.5 Å². The van der Waals surface area contributed by atoms with E-state index >= 15 is 0 Å². The van der Waals surface area contributed by atoms with Gasteiger partial charge in [-0.3, -0.25) is 0 Å². The van der Waals surface area contributed by atoms with E-state index in [1.54, 1.807) is 0 Å². The molecule has 0 unspecified atom stereocenters. The maximum atomic E-state index is 5.27. The zero-order valence-electron chi connectivity index (χ0n) is 33.6.